The highest BCUT2D eigenvalue weighted by Gasteiger charge is 2.29. The normalized spacial score (nSPS) is 19.2. The zero-order valence-corrected chi connectivity index (χ0v) is 12.2. The summed E-state index contributed by atoms with van der Waals surface area (Å²) in [5.41, 5.74) is 2.21. The molecule has 0 atom stereocenters. The second-order valence-corrected chi connectivity index (χ2v) is 6.12. The summed E-state index contributed by atoms with van der Waals surface area (Å²) in [6, 6.07) is 0. The summed E-state index contributed by atoms with van der Waals surface area (Å²) < 4.78 is 0. The molecule has 0 saturated heterocycles. The number of unbranched alkanes of at least 4 members (excludes halogenated alkanes) is 1. The highest BCUT2D eigenvalue weighted by molar-refractivity contribution is 4.94. The highest BCUT2D eigenvalue weighted by atomic mass is 14.3. The van der Waals surface area contributed by atoms with Crippen LogP contribution in [0.1, 0.15) is 90.9 Å². The van der Waals surface area contributed by atoms with Gasteiger partial charge in [-0.25, -0.2) is 0 Å². The molecule has 17 heavy (non-hydrogen) atoms. The first-order chi connectivity index (χ1) is 8.22. The van der Waals surface area contributed by atoms with Gasteiger partial charge in [-0.05, 0) is 50.4 Å². The SMILES string of the molecule is C=C(CCCC)CCCC1(CC)CCCCC1. The van der Waals surface area contributed by atoms with E-state index in [0.717, 1.165) is 0 Å². The maximum absolute atomic E-state index is 4.22. The summed E-state index contributed by atoms with van der Waals surface area (Å²) in [5.74, 6) is 0. The molecule has 0 aromatic carbocycles. The van der Waals surface area contributed by atoms with Crippen LogP contribution in [0.4, 0.5) is 0 Å². The van der Waals surface area contributed by atoms with E-state index in [9.17, 15) is 0 Å². The van der Waals surface area contributed by atoms with Crippen LogP contribution in [0, 0.1) is 5.41 Å². The van der Waals surface area contributed by atoms with Gasteiger partial charge in [-0.3, -0.25) is 0 Å². The van der Waals surface area contributed by atoms with Crippen molar-refractivity contribution < 1.29 is 0 Å². The van der Waals surface area contributed by atoms with Crippen LogP contribution in [-0.4, -0.2) is 0 Å². The first-order valence-electron chi connectivity index (χ1n) is 7.89. The van der Waals surface area contributed by atoms with E-state index in [0.29, 0.717) is 5.41 Å². The predicted octanol–water partition coefficient (Wildman–Crippen LogP) is 6.26. The standard InChI is InChI=1S/C17H32/c1-4-6-11-16(3)12-10-15-17(5-2)13-8-7-9-14-17/h3-15H2,1-2H3. The van der Waals surface area contributed by atoms with Crippen LogP contribution in [0.2, 0.25) is 0 Å². The molecule has 100 valence electrons. The van der Waals surface area contributed by atoms with Crippen molar-refractivity contribution in [1.29, 1.82) is 0 Å². The molecule has 1 aliphatic carbocycles. The molecule has 0 nitrogen and oxygen atoms in total. The molecule has 0 spiro atoms. The van der Waals surface area contributed by atoms with Gasteiger partial charge in [0.05, 0.1) is 0 Å². The largest absolute Gasteiger partial charge is 0.0999 e. The molecule has 0 radical (unpaired) electrons. The van der Waals surface area contributed by atoms with Gasteiger partial charge in [0, 0.05) is 0 Å². The van der Waals surface area contributed by atoms with E-state index in [4.69, 9.17) is 0 Å². The van der Waals surface area contributed by atoms with Crippen molar-refractivity contribution in [2.45, 2.75) is 90.9 Å². The molecule has 0 aliphatic heterocycles. The highest BCUT2D eigenvalue weighted by Crippen LogP contribution is 2.43. The summed E-state index contributed by atoms with van der Waals surface area (Å²) in [6.45, 7) is 8.89. The Labute approximate surface area is 109 Å². The fourth-order valence-electron chi connectivity index (χ4n) is 3.35. The molecule has 0 bridgehead atoms. The van der Waals surface area contributed by atoms with Crippen LogP contribution in [0.25, 0.3) is 0 Å². The third kappa shape index (κ3) is 5.27. The monoisotopic (exact) mass is 236 g/mol. The molecule has 0 unspecified atom stereocenters. The van der Waals surface area contributed by atoms with Crippen LogP contribution in [0.3, 0.4) is 0 Å². The minimum absolute atomic E-state index is 0.712. The van der Waals surface area contributed by atoms with E-state index < -0.39 is 0 Å². The molecule has 0 aromatic heterocycles. The average Bonchev–Trinajstić information content (AvgIpc) is 2.37. The lowest BCUT2D eigenvalue weighted by molar-refractivity contribution is 0.161. The molecule has 1 aliphatic rings. The zero-order chi connectivity index (χ0) is 12.6. The van der Waals surface area contributed by atoms with E-state index in [-0.39, 0.29) is 0 Å². The lowest BCUT2D eigenvalue weighted by Gasteiger charge is -2.36. The Kier molecular flexibility index (Phi) is 6.92. The zero-order valence-electron chi connectivity index (χ0n) is 12.2. The van der Waals surface area contributed by atoms with Crippen LogP contribution in [0.15, 0.2) is 12.2 Å². The Bertz CT molecular complexity index is 208. The molecule has 1 rings (SSSR count). The van der Waals surface area contributed by atoms with Gasteiger partial charge in [0.2, 0.25) is 0 Å². The van der Waals surface area contributed by atoms with Crippen LogP contribution in [0.5, 0.6) is 0 Å². The van der Waals surface area contributed by atoms with Crippen molar-refractivity contribution in [3.8, 4) is 0 Å². The van der Waals surface area contributed by atoms with E-state index in [1.165, 1.54) is 82.6 Å². The first kappa shape index (κ1) is 14.8. The molecule has 0 heterocycles. The van der Waals surface area contributed by atoms with Crippen LogP contribution in [-0.2, 0) is 0 Å². The van der Waals surface area contributed by atoms with Crippen molar-refractivity contribution >= 4 is 0 Å². The van der Waals surface area contributed by atoms with Gasteiger partial charge in [0.15, 0.2) is 0 Å². The van der Waals surface area contributed by atoms with E-state index in [1.807, 2.05) is 0 Å². The molecule has 0 amide bonds. The quantitative estimate of drug-likeness (QED) is 0.436. The molecule has 0 N–H and O–H groups in total. The Morgan fingerprint density at radius 2 is 1.65 bits per heavy atom. The maximum Gasteiger partial charge on any atom is -0.0300 e. The van der Waals surface area contributed by atoms with Gasteiger partial charge in [-0.1, -0.05) is 58.1 Å². The van der Waals surface area contributed by atoms with Crippen molar-refractivity contribution in [3.05, 3.63) is 12.2 Å². The van der Waals surface area contributed by atoms with Crippen molar-refractivity contribution in [3.63, 3.8) is 0 Å². The second-order valence-electron chi connectivity index (χ2n) is 6.12. The van der Waals surface area contributed by atoms with Crippen molar-refractivity contribution in [2.24, 2.45) is 5.41 Å². The number of hydrogen-bond acceptors (Lipinski definition) is 0. The summed E-state index contributed by atoms with van der Waals surface area (Å²) in [6.07, 6.45) is 16.8. The van der Waals surface area contributed by atoms with E-state index in [1.54, 1.807) is 0 Å². The number of allylic oxidation sites excluding steroid dienone is 1. The van der Waals surface area contributed by atoms with Crippen LogP contribution >= 0.6 is 0 Å². The topological polar surface area (TPSA) is 0 Å². The molecular weight excluding hydrogens is 204 g/mol. The second kappa shape index (κ2) is 7.95. The molecule has 1 fully saturated rings. The van der Waals surface area contributed by atoms with E-state index >= 15 is 0 Å². The minimum atomic E-state index is 0.712. The third-order valence-corrected chi connectivity index (χ3v) is 4.79. The third-order valence-electron chi connectivity index (χ3n) is 4.79. The predicted molar refractivity (Wildman–Crippen MR) is 78.3 cm³/mol. The lowest BCUT2D eigenvalue weighted by atomic mass is 9.69. The minimum Gasteiger partial charge on any atom is -0.0999 e. The summed E-state index contributed by atoms with van der Waals surface area (Å²) >= 11 is 0. The van der Waals surface area contributed by atoms with Crippen LogP contribution < -0.4 is 0 Å². The Hall–Kier alpha value is -0.260. The molecule has 1 saturated carbocycles. The van der Waals surface area contributed by atoms with Gasteiger partial charge in [-0.15, -0.1) is 0 Å². The van der Waals surface area contributed by atoms with E-state index in [2.05, 4.69) is 20.4 Å². The fraction of sp³-hybridized carbons (Fsp3) is 0.882. The van der Waals surface area contributed by atoms with Gasteiger partial charge in [-0.2, -0.15) is 0 Å². The first-order valence-corrected chi connectivity index (χ1v) is 7.89. The van der Waals surface area contributed by atoms with Gasteiger partial charge >= 0.3 is 0 Å². The van der Waals surface area contributed by atoms with Crippen molar-refractivity contribution in [1.82, 2.24) is 0 Å². The van der Waals surface area contributed by atoms with Gasteiger partial charge < -0.3 is 0 Å². The fourth-order valence-corrected chi connectivity index (χ4v) is 3.35. The lowest BCUT2D eigenvalue weighted by Crippen LogP contribution is -2.23. The van der Waals surface area contributed by atoms with Crippen molar-refractivity contribution in [2.75, 3.05) is 0 Å². The Morgan fingerprint density at radius 1 is 1.00 bits per heavy atom. The molecule has 0 aromatic rings. The van der Waals surface area contributed by atoms with Gasteiger partial charge in [0.1, 0.15) is 0 Å². The Balaban J connectivity index is 2.21. The number of rotatable bonds is 8. The summed E-state index contributed by atoms with van der Waals surface area (Å²) in [5, 5.41) is 0. The summed E-state index contributed by atoms with van der Waals surface area (Å²) in [7, 11) is 0. The molecular formula is C17H32. The smallest absolute Gasteiger partial charge is 0.0300 e. The Morgan fingerprint density at radius 3 is 2.24 bits per heavy atom. The number of hydrogen-bond donors (Lipinski definition) is 0. The average molecular weight is 236 g/mol. The summed E-state index contributed by atoms with van der Waals surface area (Å²) in [4.78, 5) is 0. The maximum atomic E-state index is 4.22. The van der Waals surface area contributed by atoms with Gasteiger partial charge in [0.25, 0.3) is 0 Å². The molecule has 0 heteroatoms.